The molecule has 0 spiro atoms. The quantitative estimate of drug-likeness (QED) is 0.266. The summed E-state index contributed by atoms with van der Waals surface area (Å²) >= 11 is 6.37. The Labute approximate surface area is 258 Å². The monoisotopic (exact) mass is 672 g/mol. The van der Waals surface area contributed by atoms with Gasteiger partial charge in [-0.2, -0.15) is 0 Å². The molecule has 0 saturated heterocycles. The Hall–Kier alpha value is -3.75. The van der Waals surface area contributed by atoms with Crippen LogP contribution in [0.1, 0.15) is 44.4 Å². The number of carbonyl (C=O) groups excluding carboxylic acids is 1. The van der Waals surface area contributed by atoms with E-state index >= 15 is 0 Å². The molecule has 1 heterocycles. The van der Waals surface area contributed by atoms with Crippen LogP contribution in [-0.2, 0) is 30.1 Å². The highest BCUT2D eigenvalue weighted by Crippen LogP contribution is 2.40. The van der Waals surface area contributed by atoms with Crippen molar-refractivity contribution in [1.29, 1.82) is 0 Å². The molecule has 236 valence electrons. The molecule has 0 fully saturated rings. The highest BCUT2D eigenvalue weighted by atomic mass is 35.5. The first-order valence-electron chi connectivity index (χ1n) is 12.9. The molecule has 1 aliphatic heterocycles. The summed E-state index contributed by atoms with van der Waals surface area (Å²) in [4.78, 5) is 12.5. The topological polar surface area (TPSA) is 128 Å². The van der Waals surface area contributed by atoms with Crippen molar-refractivity contribution >= 4 is 54.8 Å². The third kappa shape index (κ3) is 7.66. The fourth-order valence-electron chi connectivity index (χ4n) is 4.56. The molecule has 4 rings (SSSR count). The molecule has 2 N–H and O–H groups in total. The second kappa shape index (κ2) is 11.6. The van der Waals surface area contributed by atoms with Gasteiger partial charge >= 0.3 is 6.36 Å². The van der Waals surface area contributed by atoms with Crippen LogP contribution in [0.3, 0.4) is 0 Å². The molecular formula is C29H28ClF3N2O7S2. The second-order valence-electron chi connectivity index (χ2n) is 10.9. The summed E-state index contributed by atoms with van der Waals surface area (Å²) in [6.45, 7) is 6.88. The van der Waals surface area contributed by atoms with Crippen molar-refractivity contribution in [1.82, 2.24) is 0 Å². The number of alkyl halides is 3. The van der Waals surface area contributed by atoms with E-state index in [2.05, 4.69) is 14.8 Å². The van der Waals surface area contributed by atoms with Crippen LogP contribution in [-0.4, -0.2) is 41.5 Å². The van der Waals surface area contributed by atoms with E-state index in [0.717, 1.165) is 18.4 Å². The number of amides is 1. The Bertz CT molecular complexity index is 1890. The van der Waals surface area contributed by atoms with Gasteiger partial charge in [0.25, 0.3) is 5.91 Å². The molecule has 15 heteroatoms. The van der Waals surface area contributed by atoms with E-state index in [1.807, 2.05) is 0 Å². The maximum absolute atomic E-state index is 13.2. The third-order valence-corrected chi connectivity index (χ3v) is 9.14. The first kappa shape index (κ1) is 33.1. The molecule has 1 aliphatic rings. The van der Waals surface area contributed by atoms with Crippen LogP contribution in [0.5, 0.6) is 11.5 Å². The van der Waals surface area contributed by atoms with Gasteiger partial charge in [-0.3, -0.25) is 9.52 Å². The minimum absolute atomic E-state index is 0.118. The molecule has 9 nitrogen and oxygen atoms in total. The van der Waals surface area contributed by atoms with Gasteiger partial charge in [-0.15, -0.1) is 13.2 Å². The second-order valence-corrected chi connectivity index (χ2v) is 14.9. The number of hydrogen-bond donors (Lipinski definition) is 2. The van der Waals surface area contributed by atoms with Crippen LogP contribution in [0, 0.1) is 0 Å². The summed E-state index contributed by atoms with van der Waals surface area (Å²) in [6, 6.07) is 12.2. The van der Waals surface area contributed by atoms with Crippen molar-refractivity contribution < 1.29 is 44.3 Å². The van der Waals surface area contributed by atoms with Gasteiger partial charge in [-0.25, -0.2) is 16.8 Å². The Morgan fingerprint density at radius 1 is 0.932 bits per heavy atom. The maximum Gasteiger partial charge on any atom is 0.573 e. The van der Waals surface area contributed by atoms with Crippen LogP contribution in [0.2, 0.25) is 5.02 Å². The molecular weight excluding hydrogens is 645 g/mol. The molecule has 0 aliphatic carbocycles. The van der Waals surface area contributed by atoms with Gasteiger partial charge in [0.1, 0.15) is 16.4 Å². The zero-order chi connectivity index (χ0) is 32.8. The molecule has 0 unspecified atom stereocenters. The number of fused-ring (bicyclic) bond motifs is 1. The van der Waals surface area contributed by atoms with Crippen molar-refractivity contribution in [2.24, 2.45) is 0 Å². The van der Waals surface area contributed by atoms with Crippen LogP contribution in [0.25, 0.3) is 6.08 Å². The fourth-order valence-corrected chi connectivity index (χ4v) is 6.84. The lowest BCUT2D eigenvalue weighted by molar-refractivity contribution is -0.274. The first-order chi connectivity index (χ1) is 20.1. The van der Waals surface area contributed by atoms with E-state index in [4.69, 9.17) is 16.3 Å². The lowest BCUT2D eigenvalue weighted by atomic mass is 9.78. The van der Waals surface area contributed by atoms with Crippen LogP contribution >= 0.6 is 11.6 Å². The number of ether oxygens (including phenoxy) is 2. The number of halogens is 4. The molecule has 0 bridgehead atoms. The lowest BCUT2D eigenvalue weighted by Gasteiger charge is -2.28. The first-order valence-corrected chi connectivity index (χ1v) is 16.7. The van der Waals surface area contributed by atoms with Gasteiger partial charge in [0.15, 0.2) is 0 Å². The maximum atomic E-state index is 13.2. The number of benzene rings is 3. The van der Waals surface area contributed by atoms with Crippen molar-refractivity contribution in [3.8, 4) is 11.5 Å². The molecule has 0 aromatic heterocycles. The molecule has 0 atom stereocenters. The number of hydrogen-bond acceptors (Lipinski definition) is 7. The van der Waals surface area contributed by atoms with Gasteiger partial charge in [0.2, 0.25) is 19.9 Å². The normalized spacial score (nSPS) is 14.5. The standard InChI is InChI=1S/C29H28ClF3N2O7S2/c1-16(2)41-23-12-19(13-24(15-23)42-29(31,32)33)28(3,4)18-10-20(30)14-22(11-18)34-27(36)26-9-17-8-21(35-43(5,37)38)6-7-25(17)44(26,39)40/h6-16,35H,1-5H3,(H,34,36). The number of anilines is 2. The fraction of sp³-hybridized carbons (Fsp3) is 0.276. The van der Waals surface area contributed by atoms with E-state index in [-0.39, 0.29) is 38.7 Å². The predicted molar refractivity (Wildman–Crippen MR) is 161 cm³/mol. The van der Waals surface area contributed by atoms with Crippen molar-refractivity contribution in [2.75, 3.05) is 16.3 Å². The zero-order valence-electron chi connectivity index (χ0n) is 24.0. The minimum Gasteiger partial charge on any atom is -0.491 e. The summed E-state index contributed by atoms with van der Waals surface area (Å²) in [7, 11) is -7.86. The number of sulfone groups is 1. The zero-order valence-corrected chi connectivity index (χ0v) is 26.4. The largest absolute Gasteiger partial charge is 0.573 e. The van der Waals surface area contributed by atoms with Crippen LogP contribution in [0.4, 0.5) is 24.5 Å². The number of nitrogens with one attached hydrogen (secondary N) is 2. The molecule has 3 aromatic carbocycles. The third-order valence-electron chi connectivity index (χ3n) is 6.49. The van der Waals surface area contributed by atoms with E-state index in [1.165, 1.54) is 36.4 Å². The molecule has 3 aromatic rings. The summed E-state index contributed by atoms with van der Waals surface area (Å²) in [5.41, 5.74) is 0.207. The average Bonchev–Trinajstić information content (AvgIpc) is 3.10. The van der Waals surface area contributed by atoms with E-state index in [9.17, 15) is 34.8 Å². The SMILES string of the molecule is CC(C)Oc1cc(OC(F)(F)F)cc(C(C)(C)c2cc(Cl)cc(NC(=O)C3=Cc4cc(NS(C)(=O)=O)ccc4S3(=O)=O)c2)c1. The number of rotatable bonds is 9. The molecule has 1 amide bonds. The Kier molecular flexibility index (Phi) is 8.77. The number of carbonyl (C=O) groups is 1. The van der Waals surface area contributed by atoms with E-state index in [1.54, 1.807) is 39.8 Å². The van der Waals surface area contributed by atoms with E-state index in [0.29, 0.717) is 11.1 Å². The van der Waals surface area contributed by atoms with Gasteiger partial charge in [0.05, 0.1) is 17.3 Å². The molecule has 0 saturated carbocycles. The van der Waals surface area contributed by atoms with Gasteiger partial charge in [-0.1, -0.05) is 25.4 Å². The lowest BCUT2D eigenvalue weighted by Crippen LogP contribution is -2.22. The van der Waals surface area contributed by atoms with Crippen LogP contribution < -0.4 is 19.5 Å². The summed E-state index contributed by atoms with van der Waals surface area (Å²) in [5, 5.41) is 2.69. The van der Waals surface area contributed by atoms with Crippen molar-refractivity contribution in [2.45, 2.75) is 50.5 Å². The highest BCUT2D eigenvalue weighted by molar-refractivity contribution is 7.96. The van der Waals surface area contributed by atoms with Crippen molar-refractivity contribution in [3.63, 3.8) is 0 Å². The predicted octanol–water partition coefficient (Wildman–Crippen LogP) is 6.49. The Morgan fingerprint density at radius 2 is 1.57 bits per heavy atom. The smallest absolute Gasteiger partial charge is 0.491 e. The summed E-state index contributed by atoms with van der Waals surface area (Å²) in [6.07, 6.45) is -3.20. The summed E-state index contributed by atoms with van der Waals surface area (Å²) in [5.74, 6) is -1.31. The summed E-state index contributed by atoms with van der Waals surface area (Å²) < 4.78 is 101. The molecule has 44 heavy (non-hydrogen) atoms. The Balaban J connectivity index is 1.68. The minimum atomic E-state index is -4.94. The number of sulfonamides is 1. The van der Waals surface area contributed by atoms with Crippen molar-refractivity contribution in [3.05, 3.63) is 81.2 Å². The van der Waals surface area contributed by atoms with Gasteiger partial charge in [-0.05, 0) is 85.1 Å². The molecule has 0 radical (unpaired) electrons. The van der Waals surface area contributed by atoms with E-state index < -0.39 is 48.2 Å². The Morgan fingerprint density at radius 3 is 2.18 bits per heavy atom. The van der Waals surface area contributed by atoms with Crippen LogP contribution in [0.15, 0.2) is 64.4 Å². The average molecular weight is 673 g/mol. The highest BCUT2D eigenvalue weighted by Gasteiger charge is 2.36. The van der Waals surface area contributed by atoms with Gasteiger partial charge < -0.3 is 14.8 Å². The van der Waals surface area contributed by atoms with Gasteiger partial charge in [0, 0.05) is 27.9 Å².